The average molecular weight is 411 g/mol. The minimum atomic E-state index is -4.81. The number of nitrogens with zero attached hydrogens (tertiary/aromatic N) is 4. The highest BCUT2D eigenvalue weighted by Gasteiger charge is 2.31. The molecule has 2 heterocycles. The van der Waals surface area contributed by atoms with Crippen LogP contribution in [0.15, 0.2) is 41.6 Å². The predicted molar refractivity (Wildman–Crippen MR) is 93.9 cm³/mol. The Morgan fingerprint density at radius 2 is 2.00 bits per heavy atom. The zero-order valence-electron chi connectivity index (χ0n) is 15.1. The molecule has 0 aliphatic carbocycles. The number of amides is 1. The number of benzene rings is 1. The van der Waals surface area contributed by atoms with Gasteiger partial charge in [-0.25, -0.2) is 4.98 Å². The molecule has 0 saturated heterocycles. The molecular weight excluding hydrogens is 395 g/mol. The fraction of sp³-hybridized carbons (Fsp3) is 0.294. The molecule has 3 rings (SSSR count). The normalized spacial score (nSPS) is 12.7. The van der Waals surface area contributed by atoms with Crippen molar-refractivity contribution in [1.82, 2.24) is 24.6 Å². The average Bonchev–Trinajstić information content (AvgIpc) is 3.03. The molecular formula is C17H16F3N5O4. The largest absolute Gasteiger partial charge is 0.573 e. The number of aryl methyl sites for hydroxylation is 1. The lowest BCUT2D eigenvalue weighted by molar-refractivity contribution is -0.274. The number of rotatable bonds is 6. The molecule has 0 bridgehead atoms. The third-order valence-corrected chi connectivity index (χ3v) is 4.02. The van der Waals surface area contributed by atoms with Crippen LogP contribution in [0.3, 0.4) is 0 Å². The quantitative estimate of drug-likeness (QED) is 0.623. The fourth-order valence-corrected chi connectivity index (χ4v) is 2.61. The molecule has 3 aromatic rings. The SMILES string of the molecule is Cn1ncc2c(=O)n(CC(=O)NCC(O)c3ccc(OC(F)(F)F)cc3)cnc21. The molecule has 2 aromatic heterocycles. The maximum Gasteiger partial charge on any atom is 0.573 e. The molecule has 0 fully saturated rings. The van der Waals surface area contributed by atoms with Crippen LogP contribution in [0.2, 0.25) is 0 Å². The molecule has 9 nitrogen and oxygen atoms in total. The number of halogens is 3. The van der Waals surface area contributed by atoms with Crippen molar-refractivity contribution >= 4 is 16.9 Å². The maximum absolute atomic E-state index is 12.3. The van der Waals surface area contributed by atoms with Gasteiger partial charge in [0.25, 0.3) is 5.56 Å². The molecule has 0 saturated carbocycles. The van der Waals surface area contributed by atoms with E-state index in [9.17, 15) is 27.9 Å². The Hall–Kier alpha value is -3.41. The Morgan fingerprint density at radius 3 is 2.66 bits per heavy atom. The molecule has 0 radical (unpaired) electrons. The van der Waals surface area contributed by atoms with Crippen LogP contribution in [0.5, 0.6) is 5.75 Å². The molecule has 29 heavy (non-hydrogen) atoms. The van der Waals surface area contributed by atoms with Gasteiger partial charge in [-0.3, -0.25) is 18.8 Å². The van der Waals surface area contributed by atoms with E-state index in [4.69, 9.17) is 0 Å². The molecule has 0 spiro atoms. The first-order valence-corrected chi connectivity index (χ1v) is 8.31. The van der Waals surface area contributed by atoms with Crippen molar-refractivity contribution in [2.75, 3.05) is 6.54 Å². The highest BCUT2D eigenvalue weighted by atomic mass is 19.4. The van der Waals surface area contributed by atoms with Gasteiger partial charge in [-0.1, -0.05) is 12.1 Å². The van der Waals surface area contributed by atoms with E-state index >= 15 is 0 Å². The molecule has 1 atom stereocenters. The van der Waals surface area contributed by atoms with Crippen LogP contribution in [-0.2, 0) is 18.4 Å². The molecule has 1 unspecified atom stereocenters. The summed E-state index contributed by atoms with van der Waals surface area (Å²) in [6.45, 7) is -0.516. The Balaban J connectivity index is 1.58. The van der Waals surface area contributed by atoms with Crippen LogP contribution < -0.4 is 15.6 Å². The number of carbonyl (C=O) groups excluding carboxylic acids is 1. The van der Waals surface area contributed by atoms with E-state index in [0.717, 1.165) is 16.7 Å². The van der Waals surface area contributed by atoms with Crippen molar-refractivity contribution in [2.24, 2.45) is 7.05 Å². The van der Waals surface area contributed by atoms with Crippen molar-refractivity contribution in [3.05, 3.63) is 52.7 Å². The summed E-state index contributed by atoms with van der Waals surface area (Å²) in [5.41, 5.74) is 0.245. The van der Waals surface area contributed by atoms with Crippen LogP contribution in [-0.4, -0.2) is 43.3 Å². The maximum atomic E-state index is 12.3. The van der Waals surface area contributed by atoms with E-state index < -0.39 is 29.7 Å². The first-order valence-electron chi connectivity index (χ1n) is 8.31. The number of fused-ring (bicyclic) bond motifs is 1. The summed E-state index contributed by atoms with van der Waals surface area (Å²) in [7, 11) is 1.63. The number of aromatic nitrogens is 4. The van der Waals surface area contributed by atoms with Crippen molar-refractivity contribution in [2.45, 2.75) is 19.0 Å². The summed E-state index contributed by atoms with van der Waals surface area (Å²) in [6.07, 6.45) is -3.38. The lowest BCUT2D eigenvalue weighted by atomic mass is 10.1. The van der Waals surface area contributed by atoms with Crippen molar-refractivity contribution in [3.8, 4) is 5.75 Å². The topological polar surface area (TPSA) is 111 Å². The Labute approximate surface area is 161 Å². The Morgan fingerprint density at radius 1 is 1.31 bits per heavy atom. The highest BCUT2D eigenvalue weighted by Crippen LogP contribution is 2.24. The standard InChI is InChI=1S/C17H16F3N5O4/c1-24-15-12(6-23-24)16(28)25(9-22-15)8-14(27)21-7-13(26)10-2-4-11(5-3-10)29-17(18,19)20/h2-6,9,13,26H,7-8H2,1H3,(H,21,27). The monoisotopic (exact) mass is 411 g/mol. The van der Waals surface area contributed by atoms with Gasteiger partial charge in [-0.15, -0.1) is 13.2 Å². The second-order valence-corrected chi connectivity index (χ2v) is 6.12. The predicted octanol–water partition coefficient (Wildman–Crippen LogP) is 0.878. The number of nitrogens with one attached hydrogen (secondary N) is 1. The number of aliphatic hydroxyl groups is 1. The van der Waals surface area contributed by atoms with E-state index in [1.165, 1.54) is 29.3 Å². The summed E-state index contributed by atoms with van der Waals surface area (Å²) in [6, 6.07) is 4.62. The van der Waals surface area contributed by atoms with E-state index in [1.807, 2.05) is 0 Å². The van der Waals surface area contributed by atoms with Gasteiger partial charge in [-0.2, -0.15) is 5.10 Å². The van der Waals surface area contributed by atoms with Crippen LogP contribution in [0.4, 0.5) is 13.2 Å². The van der Waals surface area contributed by atoms with Gasteiger partial charge in [0, 0.05) is 13.6 Å². The Bertz CT molecular complexity index is 1080. The number of hydrogen-bond acceptors (Lipinski definition) is 6. The van der Waals surface area contributed by atoms with Gasteiger partial charge < -0.3 is 15.2 Å². The summed E-state index contributed by atoms with van der Waals surface area (Å²) < 4.78 is 42.7. The molecule has 12 heteroatoms. The summed E-state index contributed by atoms with van der Waals surface area (Å²) in [5, 5.41) is 16.7. The van der Waals surface area contributed by atoms with Gasteiger partial charge >= 0.3 is 6.36 Å². The minimum absolute atomic E-state index is 0.199. The Kier molecular flexibility index (Phi) is 5.55. The molecule has 1 amide bonds. The zero-order chi connectivity index (χ0) is 21.2. The molecule has 154 valence electrons. The van der Waals surface area contributed by atoms with Crippen molar-refractivity contribution < 1.29 is 27.8 Å². The van der Waals surface area contributed by atoms with Crippen molar-refractivity contribution in [3.63, 3.8) is 0 Å². The fourth-order valence-electron chi connectivity index (χ4n) is 2.61. The third-order valence-electron chi connectivity index (χ3n) is 4.02. The molecule has 0 aliphatic rings. The number of hydrogen-bond donors (Lipinski definition) is 2. The first-order chi connectivity index (χ1) is 13.6. The lowest BCUT2D eigenvalue weighted by Gasteiger charge is -2.14. The number of alkyl halides is 3. The molecule has 2 N–H and O–H groups in total. The second kappa shape index (κ2) is 7.91. The second-order valence-electron chi connectivity index (χ2n) is 6.12. The van der Waals surface area contributed by atoms with Gasteiger partial charge in [0.15, 0.2) is 5.65 Å². The number of aliphatic hydroxyl groups excluding tert-OH is 1. The minimum Gasteiger partial charge on any atom is -0.406 e. The van der Waals surface area contributed by atoms with Crippen molar-refractivity contribution in [1.29, 1.82) is 0 Å². The van der Waals surface area contributed by atoms with Gasteiger partial charge in [0.1, 0.15) is 24.0 Å². The zero-order valence-corrected chi connectivity index (χ0v) is 15.1. The van der Waals surface area contributed by atoms with E-state index in [1.54, 1.807) is 7.05 Å². The molecule has 0 aliphatic heterocycles. The smallest absolute Gasteiger partial charge is 0.406 e. The number of carbonyl (C=O) groups is 1. The van der Waals surface area contributed by atoms with E-state index in [2.05, 4.69) is 20.1 Å². The number of ether oxygens (including phenoxy) is 1. The van der Waals surface area contributed by atoms with Gasteiger partial charge in [0.2, 0.25) is 5.91 Å². The van der Waals surface area contributed by atoms with E-state index in [-0.39, 0.29) is 24.0 Å². The first kappa shape index (κ1) is 20.3. The molecule has 1 aromatic carbocycles. The third kappa shape index (κ3) is 4.90. The summed E-state index contributed by atoms with van der Waals surface area (Å²) in [4.78, 5) is 28.5. The van der Waals surface area contributed by atoms with Crippen LogP contribution in [0.25, 0.3) is 11.0 Å². The summed E-state index contributed by atoms with van der Waals surface area (Å²) in [5.74, 6) is -0.969. The van der Waals surface area contributed by atoms with Crippen LogP contribution >= 0.6 is 0 Å². The van der Waals surface area contributed by atoms with Gasteiger partial charge in [0.05, 0.1) is 12.3 Å². The van der Waals surface area contributed by atoms with Crippen LogP contribution in [0.1, 0.15) is 11.7 Å². The van der Waals surface area contributed by atoms with E-state index in [0.29, 0.717) is 5.65 Å². The van der Waals surface area contributed by atoms with Crippen LogP contribution in [0, 0.1) is 0 Å². The lowest BCUT2D eigenvalue weighted by Crippen LogP contribution is -2.34. The highest BCUT2D eigenvalue weighted by molar-refractivity contribution is 5.77. The summed E-state index contributed by atoms with van der Waals surface area (Å²) >= 11 is 0. The van der Waals surface area contributed by atoms with Gasteiger partial charge in [-0.05, 0) is 17.7 Å².